The Hall–Kier alpha value is -3.08. The smallest absolute Gasteiger partial charge is 0.312 e. The number of esters is 1. The van der Waals surface area contributed by atoms with Crippen LogP contribution in [0.25, 0.3) is 0 Å². The van der Waals surface area contributed by atoms with Gasteiger partial charge in [-0.05, 0) is 25.5 Å². The molecule has 8 heteroatoms. The van der Waals surface area contributed by atoms with Gasteiger partial charge in [0.2, 0.25) is 0 Å². The number of anilines is 1. The molecule has 1 aromatic rings. The van der Waals surface area contributed by atoms with Crippen molar-refractivity contribution in [2.75, 3.05) is 11.9 Å². The van der Waals surface area contributed by atoms with Crippen LogP contribution in [0.2, 0.25) is 0 Å². The second kappa shape index (κ2) is 9.04. The molecule has 0 saturated heterocycles. The van der Waals surface area contributed by atoms with Crippen LogP contribution in [0.4, 0.5) is 10.5 Å². The maximum absolute atomic E-state index is 12.0. The van der Waals surface area contributed by atoms with E-state index in [0.29, 0.717) is 17.7 Å². The number of nitrogens with zero attached hydrogens (tertiary/aromatic N) is 1. The van der Waals surface area contributed by atoms with Crippen LogP contribution in [0.3, 0.4) is 0 Å². The number of benzene rings is 1. The van der Waals surface area contributed by atoms with Gasteiger partial charge in [-0.25, -0.2) is 4.79 Å². The number of nitriles is 1. The first-order chi connectivity index (χ1) is 10.9. The summed E-state index contributed by atoms with van der Waals surface area (Å²) in [6.07, 6.45) is -0.599. The number of nitrogens with one attached hydrogen (secondary N) is 2. The third-order valence-corrected chi connectivity index (χ3v) is 2.84. The third-order valence-electron chi connectivity index (χ3n) is 2.84. The van der Waals surface area contributed by atoms with Crippen LogP contribution in [0.5, 0.6) is 0 Å². The van der Waals surface area contributed by atoms with Gasteiger partial charge in [0.15, 0.2) is 6.10 Å². The zero-order valence-electron chi connectivity index (χ0n) is 12.7. The molecule has 0 fully saturated rings. The zero-order chi connectivity index (χ0) is 17.2. The molecular weight excluding hydrogens is 300 g/mol. The highest BCUT2D eigenvalue weighted by Crippen LogP contribution is 2.14. The Bertz CT molecular complexity index is 624. The Morgan fingerprint density at radius 3 is 2.70 bits per heavy atom. The number of urea groups is 1. The molecule has 0 aliphatic carbocycles. The molecule has 1 rings (SSSR count). The first-order valence-electron chi connectivity index (χ1n) is 6.96. The summed E-state index contributed by atoms with van der Waals surface area (Å²) < 4.78 is 4.99. The second-order valence-electron chi connectivity index (χ2n) is 4.67. The molecule has 0 spiro atoms. The minimum absolute atomic E-state index is 0.0483. The van der Waals surface area contributed by atoms with E-state index in [0.717, 1.165) is 0 Å². The highest BCUT2D eigenvalue weighted by molar-refractivity contribution is 5.96. The lowest BCUT2D eigenvalue weighted by molar-refractivity contribution is -0.153. The standard InChI is InChI=1S/C15H18N4O4/c1-10(23-13(20)7-4-8-18-15(17)22)14(21)19-12-6-3-2-5-11(12)9-16/h2-3,5-6,10H,4,7-8H2,1H3,(H,19,21)(H3,17,18,22)/t10-/m1/s1. The summed E-state index contributed by atoms with van der Waals surface area (Å²) in [7, 11) is 0. The molecule has 0 aliphatic heterocycles. The van der Waals surface area contributed by atoms with E-state index in [-0.39, 0.29) is 13.0 Å². The maximum atomic E-state index is 12.0. The molecule has 0 aliphatic rings. The van der Waals surface area contributed by atoms with Gasteiger partial charge in [-0.1, -0.05) is 12.1 Å². The predicted octanol–water partition coefficient (Wildman–Crippen LogP) is 0.877. The molecule has 0 saturated carbocycles. The number of nitrogens with two attached hydrogens (primary N) is 1. The van der Waals surface area contributed by atoms with E-state index in [9.17, 15) is 14.4 Å². The van der Waals surface area contributed by atoms with Gasteiger partial charge >= 0.3 is 12.0 Å². The quantitative estimate of drug-likeness (QED) is 0.506. The Morgan fingerprint density at radius 1 is 1.35 bits per heavy atom. The van der Waals surface area contributed by atoms with Crippen LogP contribution in [-0.4, -0.2) is 30.6 Å². The van der Waals surface area contributed by atoms with Gasteiger partial charge in [0, 0.05) is 13.0 Å². The van der Waals surface area contributed by atoms with Crippen molar-refractivity contribution in [2.45, 2.75) is 25.9 Å². The summed E-state index contributed by atoms with van der Waals surface area (Å²) in [6, 6.07) is 7.80. The van der Waals surface area contributed by atoms with Gasteiger partial charge in [0.1, 0.15) is 6.07 Å². The van der Waals surface area contributed by atoms with E-state index in [2.05, 4.69) is 10.6 Å². The normalized spacial score (nSPS) is 11.0. The summed E-state index contributed by atoms with van der Waals surface area (Å²) in [5.41, 5.74) is 5.56. The van der Waals surface area contributed by atoms with Crippen LogP contribution in [0, 0.1) is 11.3 Å². The zero-order valence-corrected chi connectivity index (χ0v) is 12.7. The van der Waals surface area contributed by atoms with Crippen molar-refractivity contribution in [3.05, 3.63) is 29.8 Å². The Labute approximate surface area is 133 Å². The highest BCUT2D eigenvalue weighted by atomic mass is 16.5. The molecule has 3 amide bonds. The van der Waals surface area contributed by atoms with E-state index in [1.165, 1.54) is 6.92 Å². The Kier molecular flexibility index (Phi) is 7.07. The molecule has 0 unspecified atom stereocenters. The van der Waals surface area contributed by atoms with Crippen molar-refractivity contribution < 1.29 is 19.1 Å². The van der Waals surface area contributed by atoms with Crippen molar-refractivity contribution in [3.8, 4) is 6.07 Å². The van der Waals surface area contributed by atoms with E-state index in [4.69, 9.17) is 15.7 Å². The number of carbonyl (C=O) groups excluding carboxylic acids is 3. The van der Waals surface area contributed by atoms with Crippen molar-refractivity contribution in [2.24, 2.45) is 5.73 Å². The van der Waals surface area contributed by atoms with Gasteiger partial charge in [0.25, 0.3) is 5.91 Å². The maximum Gasteiger partial charge on any atom is 0.312 e. The number of ether oxygens (including phenoxy) is 1. The molecule has 0 bridgehead atoms. The minimum Gasteiger partial charge on any atom is -0.453 e. The highest BCUT2D eigenvalue weighted by Gasteiger charge is 2.18. The number of hydrogen-bond acceptors (Lipinski definition) is 5. The summed E-state index contributed by atoms with van der Waals surface area (Å²) in [6.45, 7) is 1.68. The van der Waals surface area contributed by atoms with Crippen LogP contribution in [-0.2, 0) is 14.3 Å². The summed E-state index contributed by atoms with van der Waals surface area (Å²) in [4.78, 5) is 34.0. The Balaban J connectivity index is 2.43. The summed E-state index contributed by atoms with van der Waals surface area (Å²) >= 11 is 0. The molecule has 1 atom stereocenters. The van der Waals surface area contributed by atoms with E-state index < -0.39 is 24.0 Å². The van der Waals surface area contributed by atoms with Gasteiger partial charge < -0.3 is 21.1 Å². The minimum atomic E-state index is -1.00. The third kappa shape index (κ3) is 6.48. The van der Waals surface area contributed by atoms with Crippen LogP contribution in [0.1, 0.15) is 25.3 Å². The molecule has 122 valence electrons. The molecule has 0 radical (unpaired) electrons. The lowest BCUT2D eigenvalue weighted by atomic mass is 10.2. The lowest BCUT2D eigenvalue weighted by Gasteiger charge is -2.14. The van der Waals surface area contributed by atoms with Gasteiger partial charge in [-0.15, -0.1) is 0 Å². The van der Waals surface area contributed by atoms with E-state index in [1.807, 2.05) is 6.07 Å². The van der Waals surface area contributed by atoms with Crippen LogP contribution >= 0.6 is 0 Å². The van der Waals surface area contributed by atoms with Crippen LogP contribution < -0.4 is 16.4 Å². The molecular formula is C15H18N4O4. The lowest BCUT2D eigenvalue weighted by Crippen LogP contribution is -2.32. The van der Waals surface area contributed by atoms with Gasteiger partial charge in [-0.2, -0.15) is 5.26 Å². The topological polar surface area (TPSA) is 134 Å². The fourth-order valence-electron chi connectivity index (χ4n) is 1.68. The molecule has 8 nitrogen and oxygen atoms in total. The largest absolute Gasteiger partial charge is 0.453 e. The summed E-state index contributed by atoms with van der Waals surface area (Å²) in [5.74, 6) is -1.09. The fourth-order valence-corrected chi connectivity index (χ4v) is 1.68. The number of primary amides is 1. The van der Waals surface area contributed by atoms with E-state index in [1.54, 1.807) is 24.3 Å². The first kappa shape index (κ1) is 18.0. The van der Waals surface area contributed by atoms with Crippen molar-refractivity contribution in [1.82, 2.24) is 5.32 Å². The average molecular weight is 318 g/mol. The molecule has 0 aromatic heterocycles. The summed E-state index contributed by atoms with van der Waals surface area (Å²) in [5, 5.41) is 13.8. The van der Waals surface area contributed by atoms with Crippen molar-refractivity contribution in [3.63, 3.8) is 0 Å². The number of para-hydroxylation sites is 1. The average Bonchev–Trinajstić information content (AvgIpc) is 2.51. The fraction of sp³-hybridized carbons (Fsp3) is 0.333. The molecule has 4 N–H and O–H groups in total. The Morgan fingerprint density at radius 2 is 2.04 bits per heavy atom. The second-order valence-corrected chi connectivity index (χ2v) is 4.67. The predicted molar refractivity (Wildman–Crippen MR) is 82.2 cm³/mol. The molecule has 23 heavy (non-hydrogen) atoms. The molecule has 1 aromatic carbocycles. The number of rotatable bonds is 7. The first-order valence-corrected chi connectivity index (χ1v) is 6.96. The number of amides is 3. The monoisotopic (exact) mass is 318 g/mol. The van der Waals surface area contributed by atoms with Crippen molar-refractivity contribution >= 4 is 23.6 Å². The van der Waals surface area contributed by atoms with Gasteiger partial charge in [0.05, 0.1) is 11.3 Å². The SMILES string of the molecule is C[C@@H](OC(=O)CCCNC(N)=O)C(=O)Nc1ccccc1C#N. The van der Waals surface area contributed by atoms with Crippen molar-refractivity contribution in [1.29, 1.82) is 5.26 Å². The van der Waals surface area contributed by atoms with Crippen LogP contribution in [0.15, 0.2) is 24.3 Å². The molecule has 0 heterocycles. The van der Waals surface area contributed by atoms with Gasteiger partial charge in [-0.3, -0.25) is 9.59 Å². The number of hydrogen-bond donors (Lipinski definition) is 3. The van der Waals surface area contributed by atoms with E-state index >= 15 is 0 Å². The number of carbonyl (C=O) groups is 3.